The van der Waals surface area contributed by atoms with Gasteiger partial charge in [0.2, 0.25) is 0 Å². The lowest BCUT2D eigenvalue weighted by molar-refractivity contribution is -0.143. The summed E-state index contributed by atoms with van der Waals surface area (Å²) in [7, 11) is 0. The minimum Gasteiger partial charge on any atom is -0.166 e. The average Bonchev–Trinajstić information content (AvgIpc) is 2.70. The van der Waals surface area contributed by atoms with Crippen molar-refractivity contribution in [1.29, 1.82) is 0 Å². The number of benzene rings is 1. The van der Waals surface area contributed by atoms with E-state index in [4.69, 9.17) is 0 Å². The Morgan fingerprint density at radius 2 is 1.65 bits per heavy atom. The Bertz CT molecular complexity index is 671. The molecule has 0 amide bonds. The van der Waals surface area contributed by atoms with E-state index < -0.39 is 23.5 Å². The van der Waals surface area contributed by atoms with Gasteiger partial charge >= 0.3 is 12.4 Å². The lowest BCUT2D eigenvalue weighted by Crippen LogP contribution is -2.13. The standard InChI is InChI=1S/C17H14F6/c1-2-11-4-3-5-12(7-6-11)14-9-8-13(16(18,19)20)10-15(14)17(21,22)23/h3-4,6-10H,2,5H2,1H3. The molecule has 0 atom stereocenters. The zero-order chi connectivity index (χ0) is 17.3. The fourth-order valence-electron chi connectivity index (χ4n) is 2.34. The largest absolute Gasteiger partial charge is 0.417 e. The lowest BCUT2D eigenvalue weighted by atomic mass is 9.94. The maximum Gasteiger partial charge on any atom is 0.417 e. The lowest BCUT2D eigenvalue weighted by Gasteiger charge is -2.17. The van der Waals surface area contributed by atoms with Crippen LogP contribution in [-0.2, 0) is 12.4 Å². The van der Waals surface area contributed by atoms with Gasteiger partial charge in [-0.1, -0.05) is 37.3 Å². The van der Waals surface area contributed by atoms with Crippen LogP contribution in [-0.4, -0.2) is 0 Å². The topological polar surface area (TPSA) is 0 Å². The van der Waals surface area contributed by atoms with Gasteiger partial charge in [-0.2, -0.15) is 26.3 Å². The van der Waals surface area contributed by atoms with Gasteiger partial charge in [-0.25, -0.2) is 0 Å². The van der Waals surface area contributed by atoms with E-state index in [1.165, 1.54) is 6.08 Å². The van der Waals surface area contributed by atoms with Crippen LogP contribution in [0.3, 0.4) is 0 Å². The molecule has 0 saturated heterocycles. The Morgan fingerprint density at radius 1 is 0.957 bits per heavy atom. The number of hydrogen-bond donors (Lipinski definition) is 0. The highest BCUT2D eigenvalue weighted by Gasteiger charge is 2.38. The molecule has 0 unspecified atom stereocenters. The highest BCUT2D eigenvalue weighted by atomic mass is 19.4. The van der Waals surface area contributed by atoms with Crippen LogP contribution in [0, 0.1) is 0 Å². The molecule has 2 rings (SSSR count). The highest BCUT2D eigenvalue weighted by Crippen LogP contribution is 2.40. The Labute approximate surface area is 129 Å². The van der Waals surface area contributed by atoms with E-state index in [9.17, 15) is 26.3 Å². The van der Waals surface area contributed by atoms with Crippen molar-refractivity contribution < 1.29 is 26.3 Å². The van der Waals surface area contributed by atoms with E-state index >= 15 is 0 Å². The Morgan fingerprint density at radius 3 is 2.22 bits per heavy atom. The Kier molecular flexibility index (Phi) is 4.73. The molecule has 0 radical (unpaired) electrons. The zero-order valence-electron chi connectivity index (χ0n) is 12.2. The molecule has 0 saturated carbocycles. The Balaban J connectivity index is 2.57. The SMILES string of the molecule is CCC1=CC=C(c2ccc(C(F)(F)F)cc2C(F)(F)F)CC=C1. The van der Waals surface area contributed by atoms with Crippen LogP contribution in [0.2, 0.25) is 0 Å². The van der Waals surface area contributed by atoms with E-state index in [-0.39, 0.29) is 18.1 Å². The molecule has 0 fully saturated rings. The van der Waals surface area contributed by atoms with Crippen LogP contribution >= 0.6 is 0 Å². The molecule has 0 aliphatic heterocycles. The van der Waals surface area contributed by atoms with Gasteiger partial charge in [0.1, 0.15) is 0 Å². The molecule has 1 aliphatic rings. The van der Waals surface area contributed by atoms with Crippen molar-refractivity contribution in [3.8, 4) is 0 Å². The summed E-state index contributed by atoms with van der Waals surface area (Å²) < 4.78 is 77.6. The van der Waals surface area contributed by atoms with Crippen molar-refractivity contribution in [2.24, 2.45) is 0 Å². The fourth-order valence-corrected chi connectivity index (χ4v) is 2.34. The third-order valence-corrected chi connectivity index (χ3v) is 3.57. The molecule has 0 nitrogen and oxygen atoms in total. The maximum atomic E-state index is 13.2. The summed E-state index contributed by atoms with van der Waals surface area (Å²) in [4.78, 5) is 0. The molecule has 0 aromatic heterocycles. The number of alkyl halides is 6. The second kappa shape index (κ2) is 6.26. The van der Waals surface area contributed by atoms with E-state index in [2.05, 4.69) is 0 Å². The minimum atomic E-state index is -4.86. The normalized spacial score (nSPS) is 16.0. The van der Waals surface area contributed by atoms with Crippen LogP contribution in [0.15, 0.2) is 48.1 Å². The summed E-state index contributed by atoms with van der Waals surface area (Å²) in [6, 6.07) is 1.76. The molecule has 0 heterocycles. The predicted octanol–water partition coefficient (Wildman–Crippen LogP) is 6.40. The van der Waals surface area contributed by atoms with Crippen molar-refractivity contribution in [3.05, 3.63) is 64.8 Å². The van der Waals surface area contributed by atoms with Crippen molar-refractivity contribution >= 4 is 5.57 Å². The van der Waals surface area contributed by atoms with Crippen LogP contribution in [0.4, 0.5) is 26.3 Å². The van der Waals surface area contributed by atoms with Crippen LogP contribution in [0.25, 0.3) is 5.57 Å². The molecule has 6 heteroatoms. The van der Waals surface area contributed by atoms with Gasteiger partial charge in [0.25, 0.3) is 0 Å². The molecule has 0 N–H and O–H groups in total. The molecule has 0 bridgehead atoms. The van der Waals surface area contributed by atoms with Crippen LogP contribution < -0.4 is 0 Å². The maximum absolute atomic E-state index is 13.2. The van der Waals surface area contributed by atoms with Gasteiger partial charge in [0, 0.05) is 0 Å². The number of allylic oxidation sites excluding steroid dienone is 6. The quantitative estimate of drug-likeness (QED) is 0.549. The molecule has 23 heavy (non-hydrogen) atoms. The van der Waals surface area contributed by atoms with Gasteiger partial charge < -0.3 is 0 Å². The van der Waals surface area contributed by atoms with Crippen molar-refractivity contribution in [2.75, 3.05) is 0 Å². The first-order valence-corrected chi connectivity index (χ1v) is 6.98. The first kappa shape index (κ1) is 17.4. The molecular formula is C17H14F6. The van der Waals surface area contributed by atoms with Crippen molar-refractivity contribution in [3.63, 3.8) is 0 Å². The summed E-state index contributed by atoms with van der Waals surface area (Å²) in [6.45, 7) is 1.91. The highest BCUT2D eigenvalue weighted by molar-refractivity contribution is 5.72. The van der Waals surface area contributed by atoms with E-state index in [1.807, 2.05) is 6.92 Å². The third kappa shape index (κ3) is 4.06. The van der Waals surface area contributed by atoms with Crippen LogP contribution in [0.5, 0.6) is 0 Å². The molecular weight excluding hydrogens is 318 g/mol. The van der Waals surface area contributed by atoms with E-state index in [0.717, 1.165) is 18.1 Å². The van der Waals surface area contributed by atoms with Gasteiger partial charge in [-0.05, 0) is 41.7 Å². The van der Waals surface area contributed by atoms with E-state index in [1.54, 1.807) is 18.2 Å². The molecule has 1 aromatic rings. The number of hydrogen-bond acceptors (Lipinski definition) is 0. The first-order valence-electron chi connectivity index (χ1n) is 6.98. The van der Waals surface area contributed by atoms with Gasteiger partial charge in [-0.15, -0.1) is 0 Å². The summed E-state index contributed by atoms with van der Waals surface area (Å²) in [5, 5.41) is 0. The average molecular weight is 332 g/mol. The summed E-state index contributed by atoms with van der Waals surface area (Å²) in [5.41, 5.74) is -1.50. The second-order valence-corrected chi connectivity index (χ2v) is 5.15. The van der Waals surface area contributed by atoms with Crippen molar-refractivity contribution in [2.45, 2.75) is 32.1 Å². The van der Waals surface area contributed by atoms with Gasteiger partial charge in [0.15, 0.2) is 0 Å². The smallest absolute Gasteiger partial charge is 0.166 e. The zero-order valence-corrected chi connectivity index (χ0v) is 12.2. The van der Waals surface area contributed by atoms with Crippen LogP contribution in [0.1, 0.15) is 36.5 Å². The summed E-state index contributed by atoms with van der Waals surface area (Å²) in [5.74, 6) is 0. The Hall–Kier alpha value is -1.98. The third-order valence-electron chi connectivity index (χ3n) is 3.57. The number of rotatable bonds is 2. The van der Waals surface area contributed by atoms with E-state index in [0.29, 0.717) is 11.6 Å². The summed E-state index contributed by atoms with van der Waals surface area (Å²) >= 11 is 0. The fraction of sp³-hybridized carbons (Fsp3) is 0.294. The predicted molar refractivity (Wildman–Crippen MR) is 76.6 cm³/mol. The molecule has 124 valence electrons. The molecule has 1 aromatic carbocycles. The monoisotopic (exact) mass is 332 g/mol. The minimum absolute atomic E-state index is 0.176. The van der Waals surface area contributed by atoms with Crippen molar-refractivity contribution in [1.82, 2.24) is 0 Å². The second-order valence-electron chi connectivity index (χ2n) is 5.15. The number of halogens is 6. The first-order chi connectivity index (χ1) is 10.6. The van der Waals surface area contributed by atoms with Gasteiger partial charge in [0.05, 0.1) is 11.1 Å². The summed E-state index contributed by atoms with van der Waals surface area (Å²) in [6.07, 6.45) is -1.97. The van der Waals surface area contributed by atoms with Gasteiger partial charge in [-0.3, -0.25) is 0 Å². The molecule has 1 aliphatic carbocycles. The molecule has 0 spiro atoms.